The molecule has 0 aromatic heterocycles. The summed E-state index contributed by atoms with van der Waals surface area (Å²) in [5, 5.41) is 0. The van der Waals surface area contributed by atoms with Gasteiger partial charge in [0, 0.05) is 0 Å². The second kappa shape index (κ2) is 11.2. The maximum Gasteiger partial charge on any atom is 4.00 e. The Hall–Kier alpha value is -0.326. The summed E-state index contributed by atoms with van der Waals surface area (Å²) in [4.78, 5) is 0. The summed E-state index contributed by atoms with van der Waals surface area (Å²) in [5.74, 6) is 0. The Labute approximate surface area is 118 Å². The molecule has 0 N–H and O–H groups in total. The molecule has 1 heteroatoms. The van der Waals surface area contributed by atoms with Crippen LogP contribution in [0.25, 0.3) is 0 Å². The summed E-state index contributed by atoms with van der Waals surface area (Å²) in [5.41, 5.74) is 0.250. The van der Waals surface area contributed by atoms with Gasteiger partial charge in [-0.2, -0.15) is 17.6 Å². The van der Waals surface area contributed by atoms with Crippen LogP contribution in [0.15, 0.2) is 36.5 Å². The number of hydrogen-bond acceptors (Lipinski definition) is 0. The van der Waals surface area contributed by atoms with Crippen molar-refractivity contribution in [1.29, 1.82) is 0 Å². The first-order valence-electron chi connectivity index (χ1n) is 5.29. The first kappa shape index (κ1) is 18.1. The third-order valence-corrected chi connectivity index (χ3v) is 1.17. The minimum absolute atomic E-state index is 0. The molecule has 0 fully saturated rings. The summed E-state index contributed by atoms with van der Waals surface area (Å²) in [6, 6.07) is 0. The number of hydrogen-bond donors (Lipinski definition) is 0. The molecule has 2 aliphatic carbocycles. The number of allylic oxidation sites excluding steroid dienone is 8. The molecule has 0 spiro atoms. The fraction of sp³-hybridized carbons (Fsp3) is 0.400. The van der Waals surface area contributed by atoms with Crippen LogP contribution in [0.1, 0.15) is 35.0 Å². The van der Waals surface area contributed by atoms with Crippen LogP contribution in [0.5, 0.6) is 0 Å². The molecular formula is C15H22Ti. The fourth-order valence-electron chi connectivity index (χ4n) is 0.680. The molecule has 0 nitrogen and oxygen atoms in total. The van der Waals surface area contributed by atoms with Gasteiger partial charge in [0.1, 0.15) is 0 Å². The van der Waals surface area contributed by atoms with Gasteiger partial charge in [-0.15, -0.1) is 12.8 Å². The smallest absolute Gasteiger partial charge is 1.00 e. The van der Waals surface area contributed by atoms with E-state index in [0.717, 1.165) is 12.8 Å². The van der Waals surface area contributed by atoms with Crippen LogP contribution in [-0.4, -0.2) is 0 Å². The zero-order valence-corrected chi connectivity index (χ0v) is 12.1. The molecule has 0 aromatic carbocycles. The van der Waals surface area contributed by atoms with Crippen molar-refractivity contribution in [3.8, 4) is 0 Å². The molecule has 0 radical (unpaired) electrons. The maximum absolute atomic E-state index is 3.77. The minimum atomic E-state index is 0. The van der Waals surface area contributed by atoms with Crippen LogP contribution >= 0.6 is 0 Å². The monoisotopic (exact) mass is 250 g/mol. The predicted molar refractivity (Wildman–Crippen MR) is 69.1 cm³/mol. The Balaban J connectivity index is -0.000000163. The molecule has 0 aliphatic heterocycles. The van der Waals surface area contributed by atoms with Gasteiger partial charge in [0.25, 0.3) is 0 Å². The quantitative estimate of drug-likeness (QED) is 0.435. The van der Waals surface area contributed by atoms with Crippen LogP contribution in [-0.2, 0) is 21.7 Å². The van der Waals surface area contributed by atoms with Gasteiger partial charge in [-0.1, -0.05) is 20.8 Å². The van der Waals surface area contributed by atoms with Crippen LogP contribution in [0.2, 0.25) is 0 Å². The van der Waals surface area contributed by atoms with Gasteiger partial charge in [0.05, 0.1) is 0 Å². The van der Waals surface area contributed by atoms with Gasteiger partial charge in [0.2, 0.25) is 0 Å². The average Bonchev–Trinajstić information content (AvgIpc) is 2.81. The zero-order valence-electron chi connectivity index (χ0n) is 11.6. The molecule has 0 saturated heterocycles. The van der Waals surface area contributed by atoms with Crippen molar-refractivity contribution in [2.75, 3.05) is 0 Å². The van der Waals surface area contributed by atoms with E-state index in [9.17, 15) is 0 Å². The van der Waals surface area contributed by atoms with E-state index in [1.165, 1.54) is 0 Å². The van der Waals surface area contributed by atoms with E-state index in [-0.39, 0.29) is 28.6 Å². The van der Waals surface area contributed by atoms with Crippen LogP contribution in [0.4, 0.5) is 0 Å². The van der Waals surface area contributed by atoms with E-state index in [0.29, 0.717) is 0 Å². The number of rotatable bonds is 0. The first-order valence-corrected chi connectivity index (χ1v) is 5.29. The van der Waals surface area contributed by atoms with Crippen molar-refractivity contribution in [1.82, 2.24) is 0 Å². The molecule has 2 aliphatic rings. The van der Waals surface area contributed by atoms with E-state index in [2.05, 4.69) is 52.0 Å². The van der Waals surface area contributed by atoms with Gasteiger partial charge in [-0.3, -0.25) is 12.2 Å². The van der Waals surface area contributed by atoms with Crippen LogP contribution in [0, 0.1) is 24.5 Å². The SMILES string of the molecule is [C-]1=CC=CC1.[C-]1=CC=CC1.[CH2-]C(C)(C)C.[H-].[Ti+4]. The normalized spacial score (nSPS) is 14.8. The summed E-state index contributed by atoms with van der Waals surface area (Å²) in [6.45, 7) is 10.0. The molecule has 86 valence electrons. The fourth-order valence-corrected chi connectivity index (χ4v) is 0.680. The summed E-state index contributed by atoms with van der Waals surface area (Å²) in [7, 11) is 0. The Morgan fingerprint density at radius 3 is 1.38 bits per heavy atom. The van der Waals surface area contributed by atoms with Gasteiger partial charge in [-0.05, 0) is 0 Å². The van der Waals surface area contributed by atoms with Gasteiger partial charge in [-0.25, -0.2) is 24.3 Å². The van der Waals surface area contributed by atoms with E-state index in [1.807, 2.05) is 24.3 Å². The predicted octanol–water partition coefficient (Wildman–Crippen LogP) is 4.59. The van der Waals surface area contributed by atoms with E-state index in [4.69, 9.17) is 0 Å². The summed E-state index contributed by atoms with van der Waals surface area (Å²) < 4.78 is 0. The van der Waals surface area contributed by atoms with Crippen LogP contribution in [0.3, 0.4) is 0 Å². The molecule has 0 amide bonds. The van der Waals surface area contributed by atoms with E-state index >= 15 is 0 Å². The molecule has 0 saturated carbocycles. The summed E-state index contributed by atoms with van der Waals surface area (Å²) >= 11 is 0. The molecule has 2 rings (SSSR count). The molecular weight excluding hydrogens is 228 g/mol. The van der Waals surface area contributed by atoms with E-state index < -0.39 is 0 Å². The largest absolute Gasteiger partial charge is 4.00 e. The van der Waals surface area contributed by atoms with Crippen molar-refractivity contribution in [3.63, 3.8) is 0 Å². The van der Waals surface area contributed by atoms with Crippen molar-refractivity contribution in [2.24, 2.45) is 5.41 Å². The molecule has 0 bridgehead atoms. The molecule has 0 aromatic rings. The summed E-state index contributed by atoms with van der Waals surface area (Å²) in [6.07, 6.45) is 20.0. The third kappa shape index (κ3) is 23.5. The first-order chi connectivity index (χ1) is 7.00. The second-order valence-corrected chi connectivity index (χ2v) is 4.57. The standard InChI is InChI=1S/2C5H5.C5H11.Ti.H/c2*1-2-4-5-3-1;1-5(2,3)4;;/h2*1-3H,4H2;1H2,2-4H3;;/q3*-1;+4;-1. The Kier molecular flexibility index (Phi) is 12.6. The molecule has 0 heterocycles. The average molecular weight is 250 g/mol. The third-order valence-electron chi connectivity index (χ3n) is 1.17. The van der Waals surface area contributed by atoms with Crippen molar-refractivity contribution >= 4 is 0 Å². The van der Waals surface area contributed by atoms with Crippen molar-refractivity contribution in [3.05, 3.63) is 55.5 Å². The van der Waals surface area contributed by atoms with Crippen molar-refractivity contribution < 1.29 is 23.1 Å². The minimum Gasteiger partial charge on any atom is -1.00 e. The zero-order chi connectivity index (χ0) is 11.6. The Bertz CT molecular complexity index is 207. The molecule has 0 unspecified atom stereocenters. The Morgan fingerprint density at radius 2 is 1.31 bits per heavy atom. The second-order valence-electron chi connectivity index (χ2n) is 4.57. The maximum atomic E-state index is 3.77. The van der Waals surface area contributed by atoms with Gasteiger partial charge >= 0.3 is 21.7 Å². The Morgan fingerprint density at radius 1 is 1.00 bits per heavy atom. The van der Waals surface area contributed by atoms with Crippen LogP contribution < -0.4 is 0 Å². The van der Waals surface area contributed by atoms with E-state index in [1.54, 1.807) is 0 Å². The van der Waals surface area contributed by atoms with Gasteiger partial charge < -0.3 is 8.35 Å². The van der Waals surface area contributed by atoms with Gasteiger partial charge in [0.15, 0.2) is 0 Å². The van der Waals surface area contributed by atoms with Crippen molar-refractivity contribution in [2.45, 2.75) is 33.6 Å². The molecule has 0 atom stereocenters. The topological polar surface area (TPSA) is 0 Å². The molecule has 16 heavy (non-hydrogen) atoms.